The smallest absolute Gasteiger partial charge is 0.167 e. The van der Waals surface area contributed by atoms with Gasteiger partial charge in [-0.1, -0.05) is 121 Å². The van der Waals surface area contributed by atoms with Crippen LogP contribution in [0, 0.1) is 0 Å². The number of rotatable bonds is 4. The first-order valence-electron chi connectivity index (χ1n) is 16.7. The third-order valence-corrected chi connectivity index (χ3v) is 9.91. The van der Waals surface area contributed by atoms with Crippen molar-refractivity contribution in [2.45, 2.75) is 0 Å². The molecule has 3 aromatic heterocycles. The minimum absolute atomic E-state index is 0.561. The van der Waals surface area contributed by atoms with E-state index in [-0.39, 0.29) is 0 Å². The fraction of sp³-hybridized carbons (Fsp3) is 0. The van der Waals surface area contributed by atoms with E-state index in [2.05, 4.69) is 97.1 Å². The van der Waals surface area contributed by atoms with Gasteiger partial charge in [0.1, 0.15) is 22.3 Å². The number of aromatic nitrogens is 3. The number of benzene rings is 8. The van der Waals surface area contributed by atoms with E-state index in [0.717, 1.165) is 87.9 Å². The van der Waals surface area contributed by atoms with Crippen molar-refractivity contribution in [2.24, 2.45) is 0 Å². The molecular formula is C45H25N3O2. The van der Waals surface area contributed by atoms with E-state index >= 15 is 0 Å². The summed E-state index contributed by atoms with van der Waals surface area (Å²) in [6, 6.07) is 52.0. The molecule has 5 heteroatoms. The van der Waals surface area contributed by atoms with Crippen LogP contribution in [0.3, 0.4) is 0 Å². The molecule has 5 nitrogen and oxygen atoms in total. The SMILES string of the molecule is c1ccc(-c2ccc(-c3nc(-c4ccccc4)nc(-c4ccc5c6c4oc4cccc(c7ccc8oc9ccccc9c8c75)c46)n3)cc2)cc1. The minimum atomic E-state index is 0.561. The predicted octanol–water partition coefficient (Wildman–Crippen LogP) is 12.1. The average Bonchev–Trinajstić information content (AvgIpc) is 3.77. The van der Waals surface area contributed by atoms with E-state index in [1.54, 1.807) is 0 Å². The summed E-state index contributed by atoms with van der Waals surface area (Å²) in [5.41, 5.74) is 8.29. The fourth-order valence-corrected chi connectivity index (χ4v) is 7.63. The zero-order chi connectivity index (χ0) is 32.8. The molecule has 11 rings (SSSR count). The molecule has 8 aromatic carbocycles. The Labute approximate surface area is 285 Å². The molecule has 0 saturated carbocycles. The van der Waals surface area contributed by atoms with Crippen molar-refractivity contribution in [2.75, 3.05) is 0 Å². The van der Waals surface area contributed by atoms with Gasteiger partial charge in [0.2, 0.25) is 0 Å². The van der Waals surface area contributed by atoms with Gasteiger partial charge in [-0.25, -0.2) is 15.0 Å². The van der Waals surface area contributed by atoms with Crippen LogP contribution in [0.15, 0.2) is 160 Å². The second kappa shape index (κ2) is 10.3. The van der Waals surface area contributed by atoms with Gasteiger partial charge in [-0.2, -0.15) is 0 Å². The maximum absolute atomic E-state index is 6.78. The molecule has 3 heterocycles. The van der Waals surface area contributed by atoms with Crippen molar-refractivity contribution < 1.29 is 8.83 Å². The second-order valence-electron chi connectivity index (χ2n) is 12.7. The largest absolute Gasteiger partial charge is 0.456 e. The van der Waals surface area contributed by atoms with Gasteiger partial charge in [-0.3, -0.25) is 0 Å². The third-order valence-electron chi connectivity index (χ3n) is 9.91. The highest BCUT2D eigenvalue weighted by Crippen LogP contribution is 2.48. The Bertz CT molecular complexity index is 3070. The first-order chi connectivity index (χ1) is 24.8. The monoisotopic (exact) mass is 639 g/mol. The molecule has 0 aliphatic rings. The van der Waals surface area contributed by atoms with Gasteiger partial charge in [0, 0.05) is 38.1 Å². The van der Waals surface area contributed by atoms with Crippen molar-refractivity contribution in [1.82, 2.24) is 15.0 Å². The molecule has 0 aliphatic carbocycles. The lowest BCUT2D eigenvalue weighted by Crippen LogP contribution is -2.00. The molecule has 0 unspecified atom stereocenters. The number of hydrogen-bond donors (Lipinski definition) is 0. The maximum Gasteiger partial charge on any atom is 0.167 e. The van der Waals surface area contributed by atoms with Gasteiger partial charge in [-0.05, 0) is 57.6 Å². The van der Waals surface area contributed by atoms with Gasteiger partial charge in [0.05, 0.1) is 5.56 Å². The van der Waals surface area contributed by atoms with Crippen LogP contribution in [-0.4, -0.2) is 15.0 Å². The number of furan rings is 2. The lowest BCUT2D eigenvalue weighted by atomic mass is 9.91. The summed E-state index contributed by atoms with van der Waals surface area (Å²) in [7, 11) is 0. The Morgan fingerprint density at radius 1 is 0.300 bits per heavy atom. The van der Waals surface area contributed by atoms with E-state index in [4.69, 9.17) is 23.8 Å². The van der Waals surface area contributed by atoms with Gasteiger partial charge in [0.25, 0.3) is 0 Å². The highest BCUT2D eigenvalue weighted by Gasteiger charge is 2.24. The predicted molar refractivity (Wildman–Crippen MR) is 202 cm³/mol. The quantitative estimate of drug-likeness (QED) is 0.179. The van der Waals surface area contributed by atoms with Crippen molar-refractivity contribution in [1.29, 1.82) is 0 Å². The summed E-state index contributed by atoms with van der Waals surface area (Å²) in [6.45, 7) is 0. The molecule has 0 atom stereocenters. The van der Waals surface area contributed by atoms with Gasteiger partial charge >= 0.3 is 0 Å². The standard InChI is InChI=1S/C45H25N3O2/c1-3-10-26(11-4-1)27-18-20-29(21-19-27)44-46-43(28-12-5-2-6-13-28)47-45(48-44)34-23-22-33-38-31(30-15-9-17-36-39(30)41(33)42(34)50-36)24-25-37-40(38)32-14-7-8-16-35(32)49-37/h1-25H. The summed E-state index contributed by atoms with van der Waals surface area (Å²) >= 11 is 0. The summed E-state index contributed by atoms with van der Waals surface area (Å²) in [5, 5.41) is 8.97. The molecular weight excluding hydrogens is 615 g/mol. The van der Waals surface area contributed by atoms with Crippen LogP contribution < -0.4 is 0 Å². The first kappa shape index (κ1) is 27.1. The molecule has 0 fully saturated rings. The van der Waals surface area contributed by atoms with Crippen LogP contribution in [0.2, 0.25) is 0 Å². The summed E-state index contributed by atoms with van der Waals surface area (Å²) < 4.78 is 13.1. The molecule has 0 N–H and O–H groups in total. The highest BCUT2D eigenvalue weighted by molar-refractivity contribution is 6.39. The molecule has 50 heavy (non-hydrogen) atoms. The molecule has 0 radical (unpaired) electrons. The zero-order valence-corrected chi connectivity index (χ0v) is 26.6. The second-order valence-corrected chi connectivity index (χ2v) is 12.7. The van der Waals surface area contributed by atoms with Crippen molar-refractivity contribution in [3.8, 4) is 45.3 Å². The Hall–Kier alpha value is -6.85. The van der Waals surface area contributed by atoms with Crippen LogP contribution in [0.5, 0.6) is 0 Å². The molecule has 0 aliphatic heterocycles. The van der Waals surface area contributed by atoms with E-state index in [1.807, 2.05) is 54.6 Å². The van der Waals surface area contributed by atoms with E-state index in [9.17, 15) is 0 Å². The van der Waals surface area contributed by atoms with Crippen LogP contribution in [-0.2, 0) is 0 Å². The third kappa shape index (κ3) is 3.92. The number of nitrogens with zero attached hydrogens (tertiary/aromatic N) is 3. The Balaban J connectivity index is 1.19. The molecule has 0 amide bonds. The Kier molecular flexibility index (Phi) is 5.60. The van der Waals surface area contributed by atoms with Gasteiger partial charge < -0.3 is 8.83 Å². The normalized spacial score (nSPS) is 12.0. The summed E-state index contributed by atoms with van der Waals surface area (Å²) in [6.07, 6.45) is 0. The minimum Gasteiger partial charge on any atom is -0.456 e. The molecule has 11 aromatic rings. The molecule has 0 saturated heterocycles. The zero-order valence-electron chi connectivity index (χ0n) is 26.6. The lowest BCUT2D eigenvalue weighted by Gasteiger charge is -2.12. The van der Waals surface area contributed by atoms with Crippen molar-refractivity contribution in [3.05, 3.63) is 152 Å². The van der Waals surface area contributed by atoms with Crippen molar-refractivity contribution in [3.63, 3.8) is 0 Å². The lowest BCUT2D eigenvalue weighted by molar-refractivity contribution is 0.669. The Morgan fingerprint density at radius 3 is 1.64 bits per heavy atom. The molecule has 0 spiro atoms. The topological polar surface area (TPSA) is 65.0 Å². The fourth-order valence-electron chi connectivity index (χ4n) is 7.63. The highest BCUT2D eigenvalue weighted by atomic mass is 16.3. The number of fused-ring (bicyclic) bond motifs is 7. The van der Waals surface area contributed by atoms with E-state index in [0.29, 0.717) is 17.5 Å². The Morgan fingerprint density at radius 2 is 0.840 bits per heavy atom. The average molecular weight is 640 g/mol. The molecule has 232 valence electrons. The first-order valence-corrected chi connectivity index (χ1v) is 16.7. The van der Waals surface area contributed by atoms with Gasteiger partial charge in [-0.15, -0.1) is 0 Å². The summed E-state index contributed by atoms with van der Waals surface area (Å²) in [5.74, 6) is 1.77. The van der Waals surface area contributed by atoms with Crippen molar-refractivity contribution >= 4 is 65.4 Å². The van der Waals surface area contributed by atoms with E-state index < -0.39 is 0 Å². The number of para-hydroxylation sites is 1. The van der Waals surface area contributed by atoms with Crippen LogP contribution >= 0.6 is 0 Å². The molecule has 0 bridgehead atoms. The summed E-state index contributed by atoms with van der Waals surface area (Å²) in [4.78, 5) is 15.2. The maximum atomic E-state index is 6.78. The number of hydrogen-bond acceptors (Lipinski definition) is 5. The van der Waals surface area contributed by atoms with Crippen LogP contribution in [0.4, 0.5) is 0 Å². The van der Waals surface area contributed by atoms with Gasteiger partial charge in [0.15, 0.2) is 17.5 Å². The van der Waals surface area contributed by atoms with Crippen LogP contribution in [0.1, 0.15) is 0 Å². The van der Waals surface area contributed by atoms with E-state index in [1.165, 1.54) is 5.39 Å². The van der Waals surface area contributed by atoms with Crippen LogP contribution in [0.25, 0.3) is 111 Å².